The number of nitrogens with one attached hydrogen (secondary N) is 2. The first-order chi connectivity index (χ1) is 19.8. The van der Waals surface area contributed by atoms with E-state index in [0.717, 1.165) is 11.6 Å². The van der Waals surface area contributed by atoms with Gasteiger partial charge in [-0.25, -0.2) is 13.6 Å². The van der Waals surface area contributed by atoms with E-state index in [1.165, 1.54) is 24.1 Å². The Hall–Kier alpha value is -4.32. The molecular formula is C29H33F2N5O5. The van der Waals surface area contributed by atoms with Crippen molar-refractivity contribution in [3.05, 3.63) is 71.8 Å². The Morgan fingerprint density at radius 2 is 1.85 bits per heavy atom. The number of benzene rings is 2. The van der Waals surface area contributed by atoms with Crippen molar-refractivity contribution in [2.45, 2.75) is 31.7 Å². The van der Waals surface area contributed by atoms with Crippen LogP contribution in [0.25, 0.3) is 11.3 Å². The number of amides is 3. The topological polar surface area (TPSA) is 117 Å². The standard InChI is InChI=1S/C29H33F2N5O5/c1-35(26(37)12-10-21-8-5-9-23(30)28(21)31)22(11-13-27(38)36-16-14-32-15-17-36)19-40-29(39)33-25-18-24(41-34-25)20-6-3-2-4-7-20/h2-9,18,22,32H,10-17,19H2,1H3,(H,33,34,39)/t22-/m0/s1. The lowest BCUT2D eigenvalue weighted by Crippen LogP contribution is -2.47. The van der Waals surface area contributed by atoms with E-state index in [0.29, 0.717) is 31.9 Å². The second kappa shape index (κ2) is 14.4. The third kappa shape index (κ3) is 8.34. The molecule has 2 N–H and O–H groups in total. The molecule has 0 unspecified atom stereocenters. The molecule has 0 spiro atoms. The number of hydrogen-bond acceptors (Lipinski definition) is 7. The molecule has 1 fully saturated rings. The van der Waals surface area contributed by atoms with Crippen molar-refractivity contribution in [3.8, 4) is 11.3 Å². The number of carbonyl (C=O) groups excluding carboxylic acids is 3. The number of aryl methyl sites for hydroxylation is 1. The SMILES string of the molecule is CN(C(=O)CCc1cccc(F)c1F)[C@@H](CCC(=O)N1CCNCC1)COC(=O)Nc1cc(-c2ccccc2)on1. The first kappa shape index (κ1) is 29.7. The van der Waals surface area contributed by atoms with Crippen LogP contribution in [-0.4, -0.2) is 78.7 Å². The normalized spacial score (nSPS) is 13.9. The Bertz CT molecular complexity index is 1330. The minimum atomic E-state index is -0.982. The Labute approximate surface area is 236 Å². The number of ether oxygens (including phenoxy) is 1. The number of piperazine rings is 1. The van der Waals surface area contributed by atoms with E-state index in [4.69, 9.17) is 9.26 Å². The summed E-state index contributed by atoms with van der Waals surface area (Å²) in [5.41, 5.74) is 0.879. The highest BCUT2D eigenvalue weighted by Crippen LogP contribution is 2.22. The van der Waals surface area contributed by atoms with E-state index in [1.807, 2.05) is 30.3 Å². The van der Waals surface area contributed by atoms with Gasteiger partial charge in [0, 0.05) is 57.7 Å². The molecule has 218 valence electrons. The highest BCUT2D eigenvalue weighted by molar-refractivity contribution is 5.84. The van der Waals surface area contributed by atoms with Crippen LogP contribution in [0.3, 0.4) is 0 Å². The fourth-order valence-corrected chi connectivity index (χ4v) is 4.50. The van der Waals surface area contributed by atoms with Crippen molar-refractivity contribution in [2.24, 2.45) is 0 Å². The van der Waals surface area contributed by atoms with Gasteiger partial charge < -0.3 is 24.4 Å². The van der Waals surface area contributed by atoms with Crippen molar-refractivity contribution in [1.29, 1.82) is 0 Å². The van der Waals surface area contributed by atoms with Gasteiger partial charge in [0.25, 0.3) is 0 Å². The molecule has 3 amide bonds. The zero-order valence-electron chi connectivity index (χ0n) is 22.8. The van der Waals surface area contributed by atoms with E-state index < -0.39 is 23.8 Å². The van der Waals surface area contributed by atoms with Gasteiger partial charge in [0.15, 0.2) is 23.2 Å². The summed E-state index contributed by atoms with van der Waals surface area (Å²) in [5, 5.41) is 9.53. The Morgan fingerprint density at radius 1 is 1.10 bits per heavy atom. The smallest absolute Gasteiger partial charge is 0.412 e. The predicted molar refractivity (Wildman–Crippen MR) is 147 cm³/mol. The van der Waals surface area contributed by atoms with Gasteiger partial charge in [0.1, 0.15) is 6.61 Å². The van der Waals surface area contributed by atoms with Crippen molar-refractivity contribution >= 4 is 23.7 Å². The van der Waals surface area contributed by atoms with Crippen molar-refractivity contribution in [2.75, 3.05) is 45.2 Å². The molecule has 41 heavy (non-hydrogen) atoms. The number of halogens is 2. The number of aromatic nitrogens is 1. The Balaban J connectivity index is 1.35. The summed E-state index contributed by atoms with van der Waals surface area (Å²) in [6, 6.07) is 14.0. The van der Waals surface area contributed by atoms with Gasteiger partial charge in [0.2, 0.25) is 11.8 Å². The lowest BCUT2D eigenvalue weighted by Gasteiger charge is -2.30. The van der Waals surface area contributed by atoms with E-state index in [1.54, 1.807) is 11.0 Å². The van der Waals surface area contributed by atoms with E-state index in [9.17, 15) is 23.2 Å². The molecule has 2 aromatic carbocycles. The van der Waals surface area contributed by atoms with Gasteiger partial charge in [-0.2, -0.15) is 0 Å². The fourth-order valence-electron chi connectivity index (χ4n) is 4.50. The number of rotatable bonds is 11. The lowest BCUT2D eigenvalue weighted by molar-refractivity contribution is -0.135. The lowest BCUT2D eigenvalue weighted by atomic mass is 10.1. The van der Waals surface area contributed by atoms with Crippen LogP contribution in [0, 0.1) is 11.6 Å². The number of likely N-dealkylation sites (N-methyl/N-ethyl adjacent to an activating group) is 1. The summed E-state index contributed by atoms with van der Waals surface area (Å²) in [6.45, 7) is 2.42. The van der Waals surface area contributed by atoms with Crippen molar-refractivity contribution in [1.82, 2.24) is 20.3 Å². The first-order valence-corrected chi connectivity index (χ1v) is 13.4. The Morgan fingerprint density at radius 3 is 2.61 bits per heavy atom. The van der Waals surface area contributed by atoms with Gasteiger partial charge in [0.05, 0.1) is 6.04 Å². The minimum Gasteiger partial charge on any atom is -0.447 e. The van der Waals surface area contributed by atoms with Gasteiger partial charge in [-0.15, -0.1) is 0 Å². The Kier molecular flexibility index (Phi) is 10.4. The van der Waals surface area contributed by atoms with Gasteiger partial charge in [-0.3, -0.25) is 14.9 Å². The van der Waals surface area contributed by atoms with Crippen LogP contribution in [0.1, 0.15) is 24.8 Å². The zero-order chi connectivity index (χ0) is 29.2. The summed E-state index contributed by atoms with van der Waals surface area (Å²) >= 11 is 0. The third-order valence-electron chi connectivity index (χ3n) is 6.95. The molecular weight excluding hydrogens is 536 g/mol. The quantitative estimate of drug-likeness (QED) is 0.360. The molecule has 1 saturated heterocycles. The molecule has 0 radical (unpaired) electrons. The number of hydrogen-bond donors (Lipinski definition) is 2. The van der Waals surface area contributed by atoms with Gasteiger partial charge in [-0.1, -0.05) is 47.6 Å². The highest BCUT2D eigenvalue weighted by atomic mass is 19.2. The molecule has 0 saturated carbocycles. The number of nitrogens with zero attached hydrogens (tertiary/aromatic N) is 3. The van der Waals surface area contributed by atoms with Gasteiger partial charge >= 0.3 is 6.09 Å². The molecule has 1 atom stereocenters. The van der Waals surface area contributed by atoms with Crippen molar-refractivity contribution < 1.29 is 32.4 Å². The maximum atomic E-state index is 14.1. The highest BCUT2D eigenvalue weighted by Gasteiger charge is 2.25. The van der Waals surface area contributed by atoms with Crippen LogP contribution in [-0.2, 0) is 20.7 Å². The van der Waals surface area contributed by atoms with Crippen molar-refractivity contribution in [3.63, 3.8) is 0 Å². The van der Waals surface area contributed by atoms with Crippen LogP contribution in [0.5, 0.6) is 0 Å². The molecule has 0 bridgehead atoms. The second-order valence-electron chi connectivity index (χ2n) is 9.71. The average Bonchev–Trinajstić information content (AvgIpc) is 3.46. The van der Waals surface area contributed by atoms with E-state index in [-0.39, 0.29) is 55.5 Å². The fraction of sp³-hybridized carbons (Fsp3) is 0.379. The van der Waals surface area contributed by atoms with E-state index in [2.05, 4.69) is 15.8 Å². The molecule has 10 nitrogen and oxygen atoms in total. The molecule has 1 aliphatic heterocycles. The monoisotopic (exact) mass is 569 g/mol. The predicted octanol–water partition coefficient (Wildman–Crippen LogP) is 3.84. The van der Waals surface area contributed by atoms with E-state index >= 15 is 0 Å². The maximum absolute atomic E-state index is 14.1. The minimum absolute atomic E-state index is 0.00353. The van der Waals surface area contributed by atoms with Crippen LogP contribution in [0.2, 0.25) is 0 Å². The number of anilines is 1. The molecule has 1 aromatic heterocycles. The summed E-state index contributed by atoms with van der Waals surface area (Å²) in [4.78, 5) is 41.4. The van der Waals surface area contributed by atoms with Gasteiger partial charge in [-0.05, 0) is 24.5 Å². The molecule has 4 rings (SSSR count). The molecule has 3 aromatic rings. The largest absolute Gasteiger partial charge is 0.447 e. The maximum Gasteiger partial charge on any atom is 0.412 e. The molecule has 12 heteroatoms. The summed E-state index contributed by atoms with van der Waals surface area (Å²) in [7, 11) is 1.54. The first-order valence-electron chi connectivity index (χ1n) is 13.4. The molecule has 2 heterocycles. The molecule has 0 aliphatic carbocycles. The summed E-state index contributed by atoms with van der Waals surface area (Å²) in [5.74, 6) is -1.76. The average molecular weight is 570 g/mol. The third-order valence-corrected chi connectivity index (χ3v) is 6.95. The van der Waals surface area contributed by atoms with Crippen LogP contribution in [0.15, 0.2) is 59.1 Å². The summed E-state index contributed by atoms with van der Waals surface area (Å²) < 4.78 is 38.3. The summed E-state index contributed by atoms with van der Waals surface area (Å²) in [6.07, 6.45) is -0.508. The second-order valence-corrected chi connectivity index (χ2v) is 9.71. The van der Waals surface area contributed by atoms with Crippen LogP contribution in [0.4, 0.5) is 19.4 Å². The molecule has 1 aliphatic rings. The number of carbonyl (C=O) groups is 3. The van der Waals surface area contributed by atoms with Crippen LogP contribution >= 0.6 is 0 Å². The van der Waals surface area contributed by atoms with Crippen LogP contribution < -0.4 is 10.6 Å². The zero-order valence-corrected chi connectivity index (χ0v) is 22.8.